The molecule has 0 spiro atoms. The smallest absolute Gasteiger partial charge is 0.0594 e. The molecule has 3 heteroatoms. The molecule has 0 radical (unpaired) electrons. The van der Waals surface area contributed by atoms with Crippen molar-refractivity contribution in [1.29, 1.82) is 0 Å². The maximum absolute atomic E-state index is 11.7. The SMILES string of the molecule is C[C@H](CCCC(C)(C)O)[C@H]1CC[C@@]2(C)[C@@H]3C(O)C[C@H]4C(C)(C)[C@@H](O)CC[C@]4(C)[C@H]3CC[C@]12C. The maximum Gasteiger partial charge on any atom is 0.0594 e. The Bertz CT molecular complexity index is 725. The van der Waals surface area contributed by atoms with Gasteiger partial charge in [-0.15, -0.1) is 0 Å². The van der Waals surface area contributed by atoms with E-state index in [1.165, 1.54) is 32.1 Å². The molecule has 3 N–H and O–H groups in total. The predicted octanol–water partition coefficient (Wildman–Crippen LogP) is 6.58. The first-order valence-electron chi connectivity index (χ1n) is 14.2. The third-order valence-corrected chi connectivity index (χ3v) is 12.6. The molecule has 33 heavy (non-hydrogen) atoms. The van der Waals surface area contributed by atoms with Gasteiger partial charge in [-0.2, -0.15) is 0 Å². The molecule has 0 aromatic rings. The van der Waals surface area contributed by atoms with E-state index in [1.807, 2.05) is 13.8 Å². The molecule has 4 saturated carbocycles. The molecular formula is C30H54O3. The Morgan fingerprint density at radius 1 is 0.909 bits per heavy atom. The molecule has 4 aliphatic rings. The molecule has 0 aromatic carbocycles. The highest BCUT2D eigenvalue weighted by Crippen LogP contribution is 2.74. The highest BCUT2D eigenvalue weighted by molar-refractivity contribution is 5.18. The molecule has 4 aliphatic carbocycles. The van der Waals surface area contributed by atoms with Crippen LogP contribution in [-0.4, -0.2) is 33.1 Å². The second kappa shape index (κ2) is 8.20. The van der Waals surface area contributed by atoms with Gasteiger partial charge in [0.25, 0.3) is 0 Å². The van der Waals surface area contributed by atoms with E-state index < -0.39 is 5.60 Å². The number of aliphatic hydroxyl groups excluding tert-OH is 2. The minimum Gasteiger partial charge on any atom is -0.393 e. The van der Waals surface area contributed by atoms with Gasteiger partial charge in [0.2, 0.25) is 0 Å². The summed E-state index contributed by atoms with van der Waals surface area (Å²) < 4.78 is 0. The predicted molar refractivity (Wildman–Crippen MR) is 136 cm³/mol. The van der Waals surface area contributed by atoms with Crippen LogP contribution in [0.2, 0.25) is 0 Å². The molecule has 0 saturated heterocycles. The lowest BCUT2D eigenvalue weighted by molar-refractivity contribution is -0.234. The van der Waals surface area contributed by atoms with Crippen LogP contribution in [0.1, 0.15) is 120 Å². The van der Waals surface area contributed by atoms with Crippen molar-refractivity contribution in [2.45, 2.75) is 137 Å². The van der Waals surface area contributed by atoms with Crippen LogP contribution in [0.4, 0.5) is 0 Å². The van der Waals surface area contributed by atoms with E-state index in [0.717, 1.165) is 32.1 Å². The second-order valence-electron chi connectivity index (χ2n) is 15.1. The first-order chi connectivity index (χ1) is 15.1. The van der Waals surface area contributed by atoms with E-state index in [4.69, 9.17) is 0 Å². The van der Waals surface area contributed by atoms with Crippen LogP contribution in [0.15, 0.2) is 0 Å². The van der Waals surface area contributed by atoms with E-state index in [0.29, 0.717) is 29.6 Å². The fraction of sp³-hybridized carbons (Fsp3) is 1.00. The summed E-state index contributed by atoms with van der Waals surface area (Å²) in [4.78, 5) is 0. The molecule has 4 fully saturated rings. The van der Waals surface area contributed by atoms with Crippen molar-refractivity contribution in [2.75, 3.05) is 0 Å². The fourth-order valence-corrected chi connectivity index (χ4v) is 10.5. The second-order valence-corrected chi connectivity index (χ2v) is 15.1. The van der Waals surface area contributed by atoms with Crippen molar-refractivity contribution >= 4 is 0 Å². The van der Waals surface area contributed by atoms with Gasteiger partial charge in [-0.3, -0.25) is 0 Å². The van der Waals surface area contributed by atoms with Gasteiger partial charge < -0.3 is 15.3 Å². The minimum atomic E-state index is -0.564. The molecule has 10 atom stereocenters. The summed E-state index contributed by atoms with van der Waals surface area (Å²) in [6, 6.07) is 0. The number of fused-ring (bicyclic) bond motifs is 5. The third kappa shape index (κ3) is 3.86. The lowest BCUT2D eigenvalue weighted by Crippen LogP contribution is -2.65. The lowest BCUT2D eigenvalue weighted by Gasteiger charge is -2.68. The van der Waals surface area contributed by atoms with Gasteiger partial charge in [0.15, 0.2) is 0 Å². The Morgan fingerprint density at radius 3 is 2.18 bits per heavy atom. The maximum atomic E-state index is 11.7. The average Bonchev–Trinajstić information content (AvgIpc) is 2.97. The van der Waals surface area contributed by atoms with Gasteiger partial charge in [-0.25, -0.2) is 0 Å². The van der Waals surface area contributed by atoms with E-state index in [-0.39, 0.29) is 33.9 Å². The van der Waals surface area contributed by atoms with Crippen molar-refractivity contribution in [1.82, 2.24) is 0 Å². The van der Waals surface area contributed by atoms with E-state index >= 15 is 0 Å². The Labute approximate surface area is 204 Å². The summed E-state index contributed by atoms with van der Waals surface area (Å²) in [5.41, 5.74) is 0.0293. The Balaban J connectivity index is 1.58. The van der Waals surface area contributed by atoms with Gasteiger partial charge in [-0.05, 0) is 116 Å². The number of rotatable bonds is 5. The number of hydrogen-bond donors (Lipinski definition) is 3. The Kier molecular flexibility index (Phi) is 6.45. The molecular weight excluding hydrogens is 408 g/mol. The molecule has 3 nitrogen and oxygen atoms in total. The first kappa shape index (κ1) is 26.0. The number of hydrogen-bond acceptors (Lipinski definition) is 3. The molecule has 4 rings (SSSR count). The van der Waals surface area contributed by atoms with Crippen LogP contribution in [0.3, 0.4) is 0 Å². The molecule has 1 unspecified atom stereocenters. The summed E-state index contributed by atoms with van der Waals surface area (Å²) in [6.07, 6.45) is 10.6. The van der Waals surface area contributed by atoms with Crippen molar-refractivity contribution in [3.8, 4) is 0 Å². The summed E-state index contributed by atoms with van der Waals surface area (Å²) >= 11 is 0. The van der Waals surface area contributed by atoms with Crippen LogP contribution >= 0.6 is 0 Å². The molecule has 0 amide bonds. The average molecular weight is 463 g/mol. The van der Waals surface area contributed by atoms with Crippen LogP contribution in [-0.2, 0) is 0 Å². The molecule has 0 aromatic heterocycles. The molecule has 0 heterocycles. The zero-order valence-corrected chi connectivity index (χ0v) is 23.0. The molecule has 0 bridgehead atoms. The zero-order chi connectivity index (χ0) is 24.6. The zero-order valence-electron chi connectivity index (χ0n) is 23.0. The van der Waals surface area contributed by atoms with Crippen LogP contribution in [0, 0.1) is 51.2 Å². The van der Waals surface area contributed by atoms with Gasteiger partial charge in [0.1, 0.15) is 0 Å². The van der Waals surface area contributed by atoms with Gasteiger partial charge >= 0.3 is 0 Å². The topological polar surface area (TPSA) is 60.7 Å². The first-order valence-corrected chi connectivity index (χ1v) is 14.2. The monoisotopic (exact) mass is 462 g/mol. The highest BCUT2D eigenvalue weighted by atomic mass is 16.3. The fourth-order valence-electron chi connectivity index (χ4n) is 10.5. The van der Waals surface area contributed by atoms with Crippen molar-refractivity contribution < 1.29 is 15.3 Å². The summed E-state index contributed by atoms with van der Waals surface area (Å²) in [5.74, 6) is 2.74. The van der Waals surface area contributed by atoms with Gasteiger partial charge in [0.05, 0.1) is 17.8 Å². The summed E-state index contributed by atoms with van der Waals surface area (Å²) in [5, 5.41) is 32.7. The van der Waals surface area contributed by atoms with Crippen LogP contribution in [0.5, 0.6) is 0 Å². The normalized spacial score (nSPS) is 50.3. The quantitative estimate of drug-likeness (QED) is 0.432. The Hall–Kier alpha value is -0.120. The molecule has 192 valence electrons. The highest BCUT2D eigenvalue weighted by Gasteiger charge is 2.69. The van der Waals surface area contributed by atoms with E-state index in [2.05, 4.69) is 41.5 Å². The Morgan fingerprint density at radius 2 is 1.55 bits per heavy atom. The van der Waals surface area contributed by atoms with Crippen molar-refractivity contribution in [3.63, 3.8) is 0 Å². The largest absolute Gasteiger partial charge is 0.393 e. The van der Waals surface area contributed by atoms with Crippen molar-refractivity contribution in [2.24, 2.45) is 51.2 Å². The van der Waals surface area contributed by atoms with Crippen molar-refractivity contribution in [3.05, 3.63) is 0 Å². The summed E-state index contributed by atoms with van der Waals surface area (Å²) in [7, 11) is 0. The minimum absolute atomic E-state index is 0.117. The number of aliphatic hydroxyl groups is 3. The van der Waals surface area contributed by atoms with Gasteiger partial charge in [0, 0.05) is 0 Å². The standard InChI is InChI=1S/C30H54O3/c1-19(10-9-14-26(2,3)33)20-11-17-30(8)25-21(12-16-29(20,30)7)28(6)15-13-24(32)27(4,5)23(28)18-22(25)31/h19-25,31-33H,9-18H2,1-8H3/t19-,20-,21+,22?,23+,24+,25+,28-,29-,30+/m1/s1. The lowest BCUT2D eigenvalue weighted by atomic mass is 9.37. The van der Waals surface area contributed by atoms with E-state index in [9.17, 15) is 15.3 Å². The van der Waals surface area contributed by atoms with E-state index in [1.54, 1.807) is 0 Å². The van der Waals surface area contributed by atoms with Crippen LogP contribution in [0.25, 0.3) is 0 Å². The molecule has 0 aliphatic heterocycles. The third-order valence-electron chi connectivity index (χ3n) is 12.6. The van der Waals surface area contributed by atoms with Crippen LogP contribution < -0.4 is 0 Å². The van der Waals surface area contributed by atoms with Gasteiger partial charge in [-0.1, -0.05) is 54.4 Å². The summed E-state index contributed by atoms with van der Waals surface area (Å²) in [6.45, 7) is 18.5.